The van der Waals surface area contributed by atoms with Crippen molar-refractivity contribution >= 4 is 43.6 Å². The van der Waals surface area contributed by atoms with Gasteiger partial charge in [0.05, 0.1) is 44.6 Å². The minimum absolute atomic E-state index is 0.0629. The van der Waals surface area contributed by atoms with Crippen LogP contribution in [0.5, 0.6) is 0 Å². The Labute approximate surface area is 268 Å². The molecule has 3 heterocycles. The summed E-state index contributed by atoms with van der Waals surface area (Å²) in [7, 11) is 0. The number of benzene rings is 5. The van der Waals surface area contributed by atoms with Crippen LogP contribution in [0.25, 0.3) is 66.1 Å². The van der Waals surface area contributed by atoms with Gasteiger partial charge in [-0.05, 0) is 71.8 Å². The molecule has 0 radical (unpaired) electrons. The van der Waals surface area contributed by atoms with Crippen LogP contribution in [0.15, 0.2) is 122 Å². The van der Waals surface area contributed by atoms with Crippen LogP contribution in [-0.2, 0) is 12.4 Å². The second-order valence-electron chi connectivity index (χ2n) is 11.4. The first-order valence-corrected chi connectivity index (χ1v) is 14.7. The number of nitriles is 1. The second kappa shape index (κ2) is 10.5. The second-order valence-corrected chi connectivity index (χ2v) is 11.4. The smallest absolute Gasteiger partial charge is 0.308 e. The van der Waals surface area contributed by atoms with Crippen LogP contribution in [0.3, 0.4) is 0 Å². The van der Waals surface area contributed by atoms with E-state index in [1.54, 1.807) is 94.3 Å². The summed E-state index contributed by atoms with van der Waals surface area (Å²) in [5, 5.41) is 13.3. The highest BCUT2D eigenvalue weighted by atomic mass is 19.4. The summed E-state index contributed by atoms with van der Waals surface area (Å²) in [6.07, 6.45) is -6.09. The number of pyridine rings is 1. The molecule has 10 heteroatoms. The zero-order valence-electron chi connectivity index (χ0n) is 24.6. The van der Waals surface area contributed by atoms with E-state index in [1.807, 2.05) is 0 Å². The highest BCUT2D eigenvalue weighted by molar-refractivity contribution is 6.11. The van der Waals surface area contributed by atoms with Gasteiger partial charge in [0.15, 0.2) is 0 Å². The maximum absolute atomic E-state index is 14.0. The van der Waals surface area contributed by atoms with Crippen molar-refractivity contribution in [3.63, 3.8) is 0 Å². The number of halogens is 6. The van der Waals surface area contributed by atoms with Crippen molar-refractivity contribution in [1.29, 1.82) is 5.26 Å². The number of hydrogen-bond donors (Lipinski definition) is 0. The van der Waals surface area contributed by atoms with Gasteiger partial charge in [-0.2, -0.15) is 31.6 Å². The minimum Gasteiger partial charge on any atom is -0.308 e. The molecule has 0 aliphatic rings. The molecule has 0 spiro atoms. The molecule has 0 amide bonds. The molecule has 0 atom stereocenters. The van der Waals surface area contributed by atoms with E-state index in [9.17, 15) is 31.6 Å². The van der Waals surface area contributed by atoms with Crippen LogP contribution >= 0.6 is 0 Å². The van der Waals surface area contributed by atoms with Gasteiger partial charge in [-0.1, -0.05) is 48.5 Å². The third-order valence-corrected chi connectivity index (χ3v) is 8.71. The zero-order valence-corrected chi connectivity index (χ0v) is 24.6. The molecule has 3 aromatic heterocycles. The Bertz CT molecular complexity index is 2450. The molecule has 0 unspecified atom stereocenters. The van der Waals surface area contributed by atoms with Gasteiger partial charge in [0.1, 0.15) is 11.6 Å². The first-order chi connectivity index (χ1) is 23.0. The lowest BCUT2D eigenvalue weighted by molar-refractivity contribution is -0.138. The van der Waals surface area contributed by atoms with E-state index >= 15 is 0 Å². The largest absolute Gasteiger partial charge is 0.416 e. The quantitative estimate of drug-likeness (QED) is 0.179. The summed E-state index contributed by atoms with van der Waals surface area (Å²) in [4.78, 5) is 4.10. The average molecular weight is 647 g/mol. The lowest BCUT2D eigenvalue weighted by atomic mass is 10.0. The molecule has 8 rings (SSSR count). The van der Waals surface area contributed by atoms with E-state index in [-0.39, 0.29) is 28.0 Å². The van der Waals surface area contributed by atoms with Gasteiger partial charge in [-0.3, -0.25) is 4.98 Å². The molecule has 5 aromatic carbocycles. The summed E-state index contributed by atoms with van der Waals surface area (Å²) >= 11 is 0. The number of hydrogen-bond acceptors (Lipinski definition) is 2. The Morgan fingerprint density at radius 2 is 0.938 bits per heavy atom. The fourth-order valence-corrected chi connectivity index (χ4v) is 6.60. The van der Waals surface area contributed by atoms with Crippen LogP contribution in [-0.4, -0.2) is 14.1 Å². The number of rotatable bonds is 3. The van der Waals surface area contributed by atoms with Crippen LogP contribution in [0, 0.1) is 11.3 Å². The molecule has 0 bridgehead atoms. The lowest BCUT2D eigenvalue weighted by Gasteiger charge is -2.19. The SMILES string of the molecule is N#Cc1c(-n2c3ccccc3c3ccc(C(F)(F)F)cc32)cc(-c2ccncc2)cc1-n1c2ccccc2c2ccc(C(F)(F)F)cc21. The molecule has 8 aromatic rings. The Kier molecular flexibility index (Phi) is 6.40. The van der Waals surface area contributed by atoms with Crippen LogP contribution in [0.2, 0.25) is 0 Å². The monoisotopic (exact) mass is 646 g/mol. The molecule has 0 saturated heterocycles. The van der Waals surface area contributed by atoms with Crippen molar-refractivity contribution in [1.82, 2.24) is 14.1 Å². The van der Waals surface area contributed by atoms with E-state index in [2.05, 4.69) is 11.1 Å². The molecule has 48 heavy (non-hydrogen) atoms. The first-order valence-electron chi connectivity index (χ1n) is 14.7. The van der Waals surface area contributed by atoms with Gasteiger partial charge in [-0.25, -0.2) is 0 Å². The molecule has 0 aliphatic heterocycles. The molecular weight excluding hydrogens is 626 g/mol. The van der Waals surface area contributed by atoms with E-state index in [4.69, 9.17) is 0 Å². The maximum Gasteiger partial charge on any atom is 0.416 e. The first kappa shape index (κ1) is 29.3. The van der Waals surface area contributed by atoms with Crippen LogP contribution in [0.4, 0.5) is 26.3 Å². The molecular formula is C38H20F6N4. The van der Waals surface area contributed by atoms with Crippen LogP contribution < -0.4 is 0 Å². The van der Waals surface area contributed by atoms with Crippen molar-refractivity contribution in [3.8, 4) is 28.6 Å². The molecule has 0 aliphatic carbocycles. The van der Waals surface area contributed by atoms with E-state index in [0.717, 1.165) is 24.3 Å². The summed E-state index contributed by atoms with van der Waals surface area (Å²) in [6, 6.07) is 30.4. The molecule has 0 saturated carbocycles. The number of nitrogens with zero attached hydrogens (tertiary/aromatic N) is 4. The van der Waals surface area contributed by atoms with Gasteiger partial charge in [0.25, 0.3) is 0 Å². The Balaban J connectivity index is 1.56. The summed E-state index contributed by atoms with van der Waals surface area (Å²) < 4.78 is 87.5. The van der Waals surface area contributed by atoms with Crippen molar-refractivity contribution < 1.29 is 26.3 Å². The van der Waals surface area contributed by atoms with Gasteiger partial charge < -0.3 is 9.13 Å². The fourth-order valence-electron chi connectivity index (χ4n) is 6.60. The topological polar surface area (TPSA) is 46.5 Å². The van der Waals surface area contributed by atoms with Crippen molar-refractivity contribution in [2.75, 3.05) is 0 Å². The van der Waals surface area contributed by atoms with E-state index < -0.39 is 23.5 Å². The summed E-state index contributed by atoms with van der Waals surface area (Å²) in [5.74, 6) is 0. The summed E-state index contributed by atoms with van der Waals surface area (Å²) in [5.41, 5.74) is 1.72. The van der Waals surface area contributed by atoms with E-state index in [0.29, 0.717) is 43.7 Å². The normalized spacial score (nSPS) is 12.4. The van der Waals surface area contributed by atoms with Crippen molar-refractivity contribution in [2.24, 2.45) is 0 Å². The third-order valence-electron chi connectivity index (χ3n) is 8.71. The Hall–Kier alpha value is -6.08. The highest BCUT2D eigenvalue weighted by Gasteiger charge is 2.33. The van der Waals surface area contributed by atoms with Gasteiger partial charge in [-0.15, -0.1) is 0 Å². The highest BCUT2D eigenvalue weighted by Crippen LogP contribution is 2.42. The Morgan fingerprint density at radius 3 is 1.38 bits per heavy atom. The predicted octanol–water partition coefficient (Wildman–Crippen LogP) is 10.9. The van der Waals surface area contributed by atoms with Crippen LogP contribution in [0.1, 0.15) is 16.7 Å². The molecule has 0 N–H and O–H groups in total. The lowest BCUT2D eigenvalue weighted by Crippen LogP contribution is -2.08. The number of alkyl halides is 6. The standard InChI is InChI=1S/C38H20F6N4/c39-37(40,41)24-9-11-28-26-5-1-3-7-31(26)47(35(28)19-24)33-17-23(22-13-15-46-16-14-22)18-34(30(33)21-45)48-32-8-4-2-6-27(32)29-12-10-25(20-36(29)48)38(42,43)44/h1-20H. The van der Waals surface area contributed by atoms with E-state index in [1.165, 1.54) is 12.1 Å². The minimum atomic E-state index is -4.63. The van der Waals surface area contributed by atoms with Gasteiger partial charge >= 0.3 is 12.4 Å². The fraction of sp³-hybridized carbons (Fsp3) is 0.0526. The third kappa shape index (κ3) is 4.50. The number of fused-ring (bicyclic) bond motifs is 6. The van der Waals surface area contributed by atoms with Gasteiger partial charge in [0.2, 0.25) is 0 Å². The van der Waals surface area contributed by atoms with Crippen molar-refractivity contribution in [3.05, 3.63) is 138 Å². The predicted molar refractivity (Wildman–Crippen MR) is 173 cm³/mol. The summed E-state index contributed by atoms with van der Waals surface area (Å²) in [6.45, 7) is 0. The van der Waals surface area contributed by atoms with Crippen molar-refractivity contribution in [2.45, 2.75) is 12.4 Å². The number of para-hydroxylation sites is 2. The zero-order chi connectivity index (χ0) is 33.4. The maximum atomic E-state index is 14.0. The molecule has 234 valence electrons. The number of aromatic nitrogens is 3. The molecule has 4 nitrogen and oxygen atoms in total. The average Bonchev–Trinajstić information content (AvgIpc) is 3.59. The molecule has 0 fully saturated rings. The van der Waals surface area contributed by atoms with Gasteiger partial charge in [0, 0.05) is 33.9 Å². The Morgan fingerprint density at radius 1 is 0.500 bits per heavy atom.